The summed E-state index contributed by atoms with van der Waals surface area (Å²) in [6, 6.07) is 13.9. The molecule has 0 bridgehead atoms. The van der Waals surface area contributed by atoms with Crippen LogP contribution in [0.15, 0.2) is 66.4 Å². The highest BCUT2D eigenvalue weighted by atomic mass is 32.2. The van der Waals surface area contributed by atoms with Crippen LogP contribution in [-0.2, 0) is 22.0 Å². The number of hydrogen-bond acceptors (Lipinski definition) is 6. The van der Waals surface area contributed by atoms with Crippen molar-refractivity contribution in [2.75, 3.05) is 12.0 Å². The van der Waals surface area contributed by atoms with Crippen molar-refractivity contribution >= 4 is 27.5 Å². The number of ketones is 1. The van der Waals surface area contributed by atoms with Crippen molar-refractivity contribution in [3.8, 4) is 17.2 Å². The van der Waals surface area contributed by atoms with E-state index in [0.717, 1.165) is 11.8 Å². The second-order valence-electron chi connectivity index (χ2n) is 9.22. The number of sulfone groups is 1. The lowest BCUT2D eigenvalue weighted by molar-refractivity contribution is 0.103. The number of aryl methyl sites for hydroxylation is 1. The summed E-state index contributed by atoms with van der Waals surface area (Å²) < 4.78 is 58.7. The Bertz CT molecular complexity index is 1740. The molecule has 10 heteroatoms. The molecule has 0 unspecified atom stereocenters. The molecule has 0 saturated carbocycles. The van der Waals surface area contributed by atoms with E-state index in [1.54, 1.807) is 36.4 Å². The zero-order valence-electron chi connectivity index (χ0n) is 20.5. The fraction of sp³-hybridized carbons (Fsp3) is 0.143. The highest BCUT2D eigenvalue weighted by Crippen LogP contribution is 2.33. The highest BCUT2D eigenvalue weighted by molar-refractivity contribution is 7.89. The summed E-state index contributed by atoms with van der Waals surface area (Å²) in [6.45, 7) is 1.81. The predicted octanol–water partition coefficient (Wildman–Crippen LogP) is 5.20. The standard InChI is InChI=1S/C28H23F2N3O4S/c1-16-9-21(37-26-6-4-3-5-23(26)29)7-8-25(16)33-28(31)22(14-32-33)27(34)19-10-17-12-20(15-38(2,35)36)24(30)13-18(17)11-19/h3-9,11-14H,10,15,31H2,1-2H3. The normalized spacial score (nSPS) is 12.8. The molecular weight excluding hydrogens is 512 g/mol. The molecule has 0 spiro atoms. The molecule has 1 aliphatic rings. The molecular formula is C28H23F2N3O4S. The molecule has 0 aliphatic heterocycles. The molecule has 1 heterocycles. The van der Waals surface area contributed by atoms with Gasteiger partial charge in [0.1, 0.15) is 17.4 Å². The van der Waals surface area contributed by atoms with E-state index in [9.17, 15) is 22.0 Å². The summed E-state index contributed by atoms with van der Waals surface area (Å²) >= 11 is 0. The summed E-state index contributed by atoms with van der Waals surface area (Å²) in [5, 5.41) is 4.30. The van der Waals surface area contributed by atoms with Crippen LogP contribution in [0.2, 0.25) is 0 Å². The Hall–Kier alpha value is -4.31. The molecule has 3 aromatic carbocycles. The number of hydrogen-bond donors (Lipinski definition) is 1. The smallest absolute Gasteiger partial charge is 0.194 e. The number of aromatic nitrogens is 2. The third-order valence-electron chi connectivity index (χ3n) is 6.24. The van der Waals surface area contributed by atoms with Gasteiger partial charge in [-0.05, 0) is 66.1 Å². The first-order valence-corrected chi connectivity index (χ1v) is 13.7. The van der Waals surface area contributed by atoms with E-state index >= 15 is 0 Å². The van der Waals surface area contributed by atoms with E-state index in [4.69, 9.17) is 10.5 Å². The maximum Gasteiger partial charge on any atom is 0.194 e. The van der Waals surface area contributed by atoms with Gasteiger partial charge in [0.25, 0.3) is 0 Å². The van der Waals surface area contributed by atoms with Gasteiger partial charge in [0.15, 0.2) is 27.2 Å². The van der Waals surface area contributed by atoms with Crippen LogP contribution in [0, 0.1) is 18.6 Å². The van der Waals surface area contributed by atoms with Crippen molar-refractivity contribution in [3.05, 3.63) is 106 Å². The van der Waals surface area contributed by atoms with Gasteiger partial charge in [-0.3, -0.25) is 4.79 Å². The number of halogens is 2. The zero-order valence-corrected chi connectivity index (χ0v) is 21.4. The van der Waals surface area contributed by atoms with Crippen LogP contribution in [0.5, 0.6) is 11.5 Å². The molecule has 1 aliphatic carbocycles. The van der Waals surface area contributed by atoms with Gasteiger partial charge in [0.05, 0.1) is 23.2 Å². The predicted molar refractivity (Wildman–Crippen MR) is 140 cm³/mol. The first-order valence-electron chi connectivity index (χ1n) is 11.6. The molecule has 0 saturated heterocycles. The molecule has 0 radical (unpaired) electrons. The number of Topliss-reactive ketones (excluding diaryl/α,β-unsaturated/α-hetero) is 1. The molecule has 38 heavy (non-hydrogen) atoms. The molecule has 194 valence electrons. The van der Waals surface area contributed by atoms with Gasteiger partial charge >= 0.3 is 0 Å². The minimum atomic E-state index is -3.42. The van der Waals surface area contributed by atoms with Crippen molar-refractivity contribution in [1.82, 2.24) is 9.78 Å². The maximum atomic E-state index is 14.5. The van der Waals surface area contributed by atoms with Crippen LogP contribution in [0.4, 0.5) is 14.6 Å². The van der Waals surface area contributed by atoms with Crippen LogP contribution >= 0.6 is 0 Å². The number of rotatable bonds is 7. The molecule has 0 atom stereocenters. The Kier molecular flexibility index (Phi) is 6.36. The number of nitrogens with zero attached hydrogens (tertiary/aromatic N) is 2. The third-order valence-corrected chi connectivity index (χ3v) is 7.08. The van der Waals surface area contributed by atoms with E-state index in [-0.39, 0.29) is 34.9 Å². The number of nitrogens with two attached hydrogens (primary N) is 1. The molecule has 5 rings (SSSR count). The van der Waals surface area contributed by atoms with E-state index in [2.05, 4.69) is 5.10 Å². The van der Waals surface area contributed by atoms with E-state index in [1.165, 1.54) is 35.1 Å². The van der Waals surface area contributed by atoms with Gasteiger partial charge in [-0.2, -0.15) is 5.10 Å². The van der Waals surface area contributed by atoms with Gasteiger partial charge in [-0.15, -0.1) is 0 Å². The number of ether oxygens (including phenoxy) is 1. The van der Waals surface area contributed by atoms with Gasteiger partial charge in [0, 0.05) is 23.8 Å². The summed E-state index contributed by atoms with van der Waals surface area (Å²) in [5.74, 6) is -1.24. The van der Waals surface area contributed by atoms with E-state index < -0.39 is 27.2 Å². The number of carbonyl (C=O) groups is 1. The quantitative estimate of drug-likeness (QED) is 0.326. The van der Waals surface area contributed by atoms with Crippen molar-refractivity contribution in [2.45, 2.75) is 19.1 Å². The summed E-state index contributed by atoms with van der Waals surface area (Å²) in [5.41, 5.74) is 9.50. The topological polar surface area (TPSA) is 104 Å². The fourth-order valence-electron chi connectivity index (χ4n) is 4.44. The average molecular weight is 536 g/mol. The Morgan fingerprint density at radius 3 is 2.58 bits per heavy atom. The van der Waals surface area contributed by atoms with Gasteiger partial charge in [-0.1, -0.05) is 18.2 Å². The minimum absolute atomic E-state index is 0.0681. The van der Waals surface area contributed by atoms with Crippen molar-refractivity contribution in [3.63, 3.8) is 0 Å². The number of benzene rings is 3. The Morgan fingerprint density at radius 2 is 1.87 bits per heavy atom. The second-order valence-corrected chi connectivity index (χ2v) is 11.4. The molecule has 0 fully saturated rings. The monoisotopic (exact) mass is 535 g/mol. The molecule has 7 nitrogen and oxygen atoms in total. The maximum absolute atomic E-state index is 14.5. The lowest BCUT2D eigenvalue weighted by Crippen LogP contribution is -2.09. The first kappa shape index (κ1) is 25.3. The van der Waals surface area contributed by atoms with Crippen LogP contribution in [-0.4, -0.2) is 30.2 Å². The van der Waals surface area contributed by atoms with Crippen LogP contribution in [0.25, 0.3) is 11.8 Å². The number of carbonyl (C=O) groups excluding carboxylic acids is 1. The largest absolute Gasteiger partial charge is 0.454 e. The van der Waals surface area contributed by atoms with Crippen LogP contribution in [0.3, 0.4) is 0 Å². The molecule has 2 N–H and O–H groups in total. The summed E-state index contributed by atoms with van der Waals surface area (Å²) in [7, 11) is -3.42. The van der Waals surface area contributed by atoms with Crippen molar-refractivity contribution < 1.29 is 26.7 Å². The molecule has 4 aromatic rings. The van der Waals surface area contributed by atoms with Crippen LogP contribution in [0.1, 0.15) is 32.6 Å². The average Bonchev–Trinajstić information content (AvgIpc) is 3.43. The number of fused-ring (bicyclic) bond motifs is 1. The highest BCUT2D eigenvalue weighted by Gasteiger charge is 2.26. The fourth-order valence-corrected chi connectivity index (χ4v) is 5.22. The van der Waals surface area contributed by atoms with Gasteiger partial charge in [-0.25, -0.2) is 21.9 Å². The second kappa shape index (κ2) is 9.53. The SMILES string of the molecule is Cc1cc(Oc2ccccc2F)ccc1-n1ncc(C(=O)C2=Cc3cc(F)c(CS(C)(=O)=O)cc3C2)c1N. The van der Waals surface area contributed by atoms with Gasteiger partial charge in [0.2, 0.25) is 0 Å². The molecule has 1 aromatic heterocycles. The number of para-hydroxylation sites is 1. The Labute approximate surface area is 218 Å². The zero-order chi connectivity index (χ0) is 27.2. The number of allylic oxidation sites excluding steroid dienone is 1. The Balaban J connectivity index is 1.38. The summed E-state index contributed by atoms with van der Waals surface area (Å²) in [6.07, 6.45) is 4.22. The lowest BCUT2D eigenvalue weighted by atomic mass is 10.0. The van der Waals surface area contributed by atoms with Gasteiger partial charge < -0.3 is 10.5 Å². The van der Waals surface area contributed by atoms with Crippen molar-refractivity contribution in [2.24, 2.45) is 0 Å². The minimum Gasteiger partial charge on any atom is -0.454 e. The summed E-state index contributed by atoms with van der Waals surface area (Å²) in [4.78, 5) is 13.3. The third kappa shape index (κ3) is 4.95. The number of anilines is 1. The van der Waals surface area contributed by atoms with E-state index in [0.29, 0.717) is 28.1 Å². The van der Waals surface area contributed by atoms with Crippen molar-refractivity contribution in [1.29, 1.82) is 0 Å². The van der Waals surface area contributed by atoms with E-state index in [1.807, 2.05) is 6.92 Å². The number of nitrogen functional groups attached to an aromatic ring is 1. The Morgan fingerprint density at radius 1 is 1.11 bits per heavy atom. The molecule has 0 amide bonds. The van der Waals surface area contributed by atoms with Crippen LogP contribution < -0.4 is 10.5 Å². The lowest BCUT2D eigenvalue weighted by Gasteiger charge is -2.12. The first-order chi connectivity index (χ1) is 18.0.